The van der Waals surface area contributed by atoms with Gasteiger partial charge in [-0.1, -0.05) is 66.7 Å². The van der Waals surface area contributed by atoms with Crippen molar-refractivity contribution in [3.05, 3.63) is 83.9 Å². The minimum atomic E-state index is -1.12. The molecule has 2 atom stereocenters. The average Bonchev–Trinajstić information content (AvgIpc) is 2.62. The summed E-state index contributed by atoms with van der Waals surface area (Å²) in [7, 11) is 0. The van der Waals surface area contributed by atoms with Crippen LogP contribution in [0.1, 0.15) is 17.2 Å². The standard InChI is InChI=1S/C20H19NO3/c21-18(20(22)23)19(16-7-2-1-3-8-16)24-13-14-10-11-15-6-4-5-9-17(15)12-14/h1-12,18-19H,13,21H2,(H,22,23)/t18-,19?/m0/s1. The van der Waals surface area contributed by atoms with Gasteiger partial charge >= 0.3 is 5.97 Å². The zero-order chi connectivity index (χ0) is 16.9. The van der Waals surface area contributed by atoms with Gasteiger partial charge in [0.25, 0.3) is 0 Å². The van der Waals surface area contributed by atoms with Gasteiger partial charge in [0.05, 0.1) is 6.61 Å². The molecule has 0 aliphatic rings. The van der Waals surface area contributed by atoms with Crippen LogP contribution in [0.25, 0.3) is 10.8 Å². The van der Waals surface area contributed by atoms with Crippen molar-refractivity contribution in [2.45, 2.75) is 18.8 Å². The second-order valence-corrected chi connectivity index (χ2v) is 5.69. The Labute approximate surface area is 140 Å². The van der Waals surface area contributed by atoms with Crippen molar-refractivity contribution in [2.24, 2.45) is 5.73 Å². The molecule has 0 radical (unpaired) electrons. The first kappa shape index (κ1) is 16.2. The van der Waals surface area contributed by atoms with E-state index >= 15 is 0 Å². The van der Waals surface area contributed by atoms with Gasteiger partial charge in [-0.25, -0.2) is 0 Å². The normalized spacial score (nSPS) is 13.5. The molecule has 3 N–H and O–H groups in total. The van der Waals surface area contributed by atoms with Gasteiger partial charge in [0, 0.05) is 0 Å². The van der Waals surface area contributed by atoms with Crippen LogP contribution in [-0.2, 0) is 16.1 Å². The predicted octanol–water partition coefficient (Wildman–Crippen LogP) is 3.51. The summed E-state index contributed by atoms with van der Waals surface area (Å²) in [5.41, 5.74) is 7.56. The van der Waals surface area contributed by atoms with Gasteiger partial charge in [0.1, 0.15) is 12.1 Å². The molecule has 0 amide bonds. The van der Waals surface area contributed by atoms with Gasteiger partial charge in [-0.15, -0.1) is 0 Å². The number of benzene rings is 3. The van der Waals surface area contributed by atoms with Crippen LogP contribution in [0.4, 0.5) is 0 Å². The summed E-state index contributed by atoms with van der Waals surface area (Å²) in [6.07, 6.45) is -0.699. The molecular formula is C20H19NO3. The van der Waals surface area contributed by atoms with Crippen molar-refractivity contribution >= 4 is 16.7 Å². The largest absolute Gasteiger partial charge is 0.480 e. The Balaban J connectivity index is 1.80. The van der Waals surface area contributed by atoms with Crippen molar-refractivity contribution in [1.29, 1.82) is 0 Å². The van der Waals surface area contributed by atoms with Crippen LogP contribution in [-0.4, -0.2) is 17.1 Å². The van der Waals surface area contributed by atoms with E-state index in [4.69, 9.17) is 10.5 Å². The van der Waals surface area contributed by atoms with Crippen LogP contribution < -0.4 is 5.73 Å². The molecule has 3 aromatic rings. The van der Waals surface area contributed by atoms with Gasteiger partial charge in [-0.2, -0.15) is 0 Å². The molecule has 1 unspecified atom stereocenters. The molecule has 0 aliphatic heterocycles. The zero-order valence-electron chi connectivity index (χ0n) is 13.1. The first-order chi connectivity index (χ1) is 11.6. The van der Waals surface area contributed by atoms with Crippen molar-refractivity contribution < 1.29 is 14.6 Å². The topological polar surface area (TPSA) is 72.6 Å². The Morgan fingerprint density at radius 1 is 0.958 bits per heavy atom. The summed E-state index contributed by atoms with van der Waals surface area (Å²) >= 11 is 0. The maximum absolute atomic E-state index is 11.3. The van der Waals surface area contributed by atoms with Crippen LogP contribution >= 0.6 is 0 Å². The maximum atomic E-state index is 11.3. The lowest BCUT2D eigenvalue weighted by molar-refractivity contribution is -0.143. The molecule has 0 heterocycles. The van der Waals surface area contributed by atoms with E-state index in [1.54, 1.807) is 0 Å². The molecule has 0 bridgehead atoms. The number of aliphatic carboxylic acids is 1. The molecule has 0 saturated carbocycles. The van der Waals surface area contributed by atoms with Gasteiger partial charge in [-0.05, 0) is 28.0 Å². The highest BCUT2D eigenvalue weighted by atomic mass is 16.5. The Kier molecular flexibility index (Phi) is 4.89. The SMILES string of the molecule is N[C@H](C(=O)O)C(OCc1ccc2ccccc2c1)c1ccccc1. The summed E-state index contributed by atoms with van der Waals surface area (Å²) in [6, 6.07) is 22.2. The van der Waals surface area contributed by atoms with Crippen LogP contribution in [0.15, 0.2) is 72.8 Å². The molecule has 3 aromatic carbocycles. The number of hydrogen-bond donors (Lipinski definition) is 2. The molecule has 4 heteroatoms. The van der Waals surface area contributed by atoms with Crippen LogP contribution in [0.2, 0.25) is 0 Å². The fourth-order valence-electron chi connectivity index (χ4n) is 2.69. The first-order valence-electron chi connectivity index (χ1n) is 7.78. The van der Waals surface area contributed by atoms with Gasteiger partial charge in [-0.3, -0.25) is 4.79 Å². The van der Waals surface area contributed by atoms with Crippen molar-refractivity contribution in [1.82, 2.24) is 0 Å². The minimum absolute atomic E-state index is 0.297. The summed E-state index contributed by atoms with van der Waals surface area (Å²) in [6.45, 7) is 0.297. The Bertz CT molecular complexity index is 832. The quantitative estimate of drug-likeness (QED) is 0.729. The molecule has 122 valence electrons. The summed E-state index contributed by atoms with van der Waals surface area (Å²) in [4.78, 5) is 11.3. The van der Waals surface area contributed by atoms with E-state index < -0.39 is 18.1 Å². The van der Waals surface area contributed by atoms with Crippen molar-refractivity contribution in [2.75, 3.05) is 0 Å². The number of fused-ring (bicyclic) bond motifs is 1. The van der Waals surface area contributed by atoms with Crippen molar-refractivity contribution in [3.8, 4) is 0 Å². The van der Waals surface area contributed by atoms with E-state index in [1.165, 1.54) is 0 Å². The van der Waals surface area contributed by atoms with Crippen LogP contribution in [0.3, 0.4) is 0 Å². The van der Waals surface area contributed by atoms with Gasteiger partial charge in [0.2, 0.25) is 0 Å². The number of carboxylic acids is 1. The van der Waals surface area contributed by atoms with E-state index in [-0.39, 0.29) is 0 Å². The highest BCUT2D eigenvalue weighted by molar-refractivity contribution is 5.82. The molecule has 0 spiro atoms. The van der Waals surface area contributed by atoms with E-state index in [1.807, 2.05) is 72.8 Å². The fourth-order valence-corrected chi connectivity index (χ4v) is 2.69. The Hall–Kier alpha value is -2.69. The Morgan fingerprint density at radius 2 is 1.62 bits per heavy atom. The third kappa shape index (κ3) is 3.62. The lowest BCUT2D eigenvalue weighted by Gasteiger charge is -2.22. The second kappa shape index (κ2) is 7.25. The number of ether oxygens (including phenoxy) is 1. The minimum Gasteiger partial charge on any atom is -0.480 e. The molecule has 0 fully saturated rings. The second-order valence-electron chi connectivity index (χ2n) is 5.69. The van der Waals surface area contributed by atoms with Gasteiger partial charge < -0.3 is 15.6 Å². The predicted molar refractivity (Wildman–Crippen MR) is 93.5 cm³/mol. The number of nitrogens with two attached hydrogens (primary N) is 1. The van der Waals surface area contributed by atoms with Crippen LogP contribution in [0.5, 0.6) is 0 Å². The zero-order valence-corrected chi connectivity index (χ0v) is 13.1. The van der Waals surface area contributed by atoms with E-state index in [9.17, 15) is 9.90 Å². The molecule has 4 nitrogen and oxygen atoms in total. The monoisotopic (exact) mass is 321 g/mol. The fraction of sp³-hybridized carbons (Fsp3) is 0.150. The average molecular weight is 321 g/mol. The molecule has 3 rings (SSSR count). The smallest absolute Gasteiger partial charge is 0.323 e. The molecular weight excluding hydrogens is 302 g/mol. The van der Waals surface area contributed by atoms with E-state index in [0.717, 1.165) is 21.9 Å². The lowest BCUT2D eigenvalue weighted by Crippen LogP contribution is -2.37. The molecule has 0 aromatic heterocycles. The summed E-state index contributed by atoms with van der Waals surface area (Å²) in [5.74, 6) is -1.08. The highest BCUT2D eigenvalue weighted by Crippen LogP contribution is 2.23. The highest BCUT2D eigenvalue weighted by Gasteiger charge is 2.26. The summed E-state index contributed by atoms with van der Waals surface area (Å²) < 4.78 is 5.88. The number of carboxylic acid groups (broad SMARTS) is 1. The molecule has 0 aliphatic carbocycles. The Morgan fingerprint density at radius 3 is 2.33 bits per heavy atom. The molecule has 0 saturated heterocycles. The van der Waals surface area contributed by atoms with Crippen molar-refractivity contribution in [3.63, 3.8) is 0 Å². The summed E-state index contributed by atoms with van der Waals surface area (Å²) in [5, 5.41) is 11.5. The maximum Gasteiger partial charge on any atom is 0.323 e. The van der Waals surface area contributed by atoms with E-state index in [2.05, 4.69) is 0 Å². The lowest BCUT2D eigenvalue weighted by atomic mass is 10.0. The first-order valence-corrected chi connectivity index (χ1v) is 7.78. The molecule has 24 heavy (non-hydrogen) atoms. The third-order valence-electron chi connectivity index (χ3n) is 3.98. The van der Waals surface area contributed by atoms with Gasteiger partial charge in [0.15, 0.2) is 0 Å². The number of rotatable bonds is 6. The number of carbonyl (C=O) groups is 1. The third-order valence-corrected chi connectivity index (χ3v) is 3.98. The van der Waals surface area contributed by atoms with E-state index in [0.29, 0.717) is 6.61 Å². The number of hydrogen-bond acceptors (Lipinski definition) is 3. The van der Waals surface area contributed by atoms with Crippen LogP contribution in [0, 0.1) is 0 Å².